The lowest BCUT2D eigenvalue weighted by atomic mass is 9.83. The van der Waals surface area contributed by atoms with Crippen LogP contribution in [0.15, 0.2) is 42.5 Å². The number of para-hydroxylation sites is 1. The molecule has 0 saturated heterocycles. The van der Waals surface area contributed by atoms with Crippen molar-refractivity contribution in [3.05, 3.63) is 59.2 Å². The van der Waals surface area contributed by atoms with Gasteiger partial charge in [0.1, 0.15) is 0 Å². The Morgan fingerprint density at radius 1 is 1.05 bits per heavy atom. The highest BCUT2D eigenvalue weighted by Gasteiger charge is 2.30. The van der Waals surface area contributed by atoms with Crippen LogP contribution >= 0.6 is 0 Å². The fraction of sp³-hybridized carbons (Fsp3) is 0.333. The number of rotatable bonds is 1. The summed E-state index contributed by atoms with van der Waals surface area (Å²) < 4.78 is 0. The van der Waals surface area contributed by atoms with Crippen LogP contribution < -0.4 is 10.2 Å². The lowest BCUT2D eigenvalue weighted by molar-refractivity contribution is 0.502. The van der Waals surface area contributed by atoms with Gasteiger partial charge in [0, 0.05) is 36.9 Å². The van der Waals surface area contributed by atoms with E-state index in [1.54, 1.807) is 5.56 Å². The Labute approximate surface area is 120 Å². The fourth-order valence-corrected chi connectivity index (χ4v) is 3.71. The third kappa shape index (κ3) is 1.75. The van der Waals surface area contributed by atoms with Crippen LogP contribution in [0, 0.1) is 6.92 Å². The van der Waals surface area contributed by atoms with Crippen LogP contribution in [0.4, 0.5) is 11.4 Å². The smallest absolute Gasteiger partial charge is 0.0449 e. The van der Waals surface area contributed by atoms with Crippen molar-refractivity contribution in [2.24, 2.45) is 0 Å². The molecule has 1 atom stereocenters. The van der Waals surface area contributed by atoms with E-state index in [1.165, 1.54) is 28.9 Å². The highest BCUT2D eigenvalue weighted by Crippen LogP contribution is 2.43. The molecule has 0 bridgehead atoms. The molecule has 2 aliphatic rings. The molecule has 0 spiro atoms. The van der Waals surface area contributed by atoms with Crippen LogP contribution in [-0.4, -0.2) is 13.1 Å². The second kappa shape index (κ2) is 4.64. The average molecular weight is 264 g/mol. The van der Waals surface area contributed by atoms with Crippen molar-refractivity contribution in [2.45, 2.75) is 25.8 Å². The molecular weight excluding hydrogens is 244 g/mol. The molecule has 4 rings (SSSR count). The van der Waals surface area contributed by atoms with Gasteiger partial charge in [-0.05, 0) is 42.2 Å². The minimum atomic E-state index is 0.690. The Morgan fingerprint density at radius 2 is 1.90 bits per heavy atom. The summed E-state index contributed by atoms with van der Waals surface area (Å²) in [6.45, 7) is 5.47. The maximum Gasteiger partial charge on any atom is 0.0449 e. The van der Waals surface area contributed by atoms with Crippen molar-refractivity contribution in [1.82, 2.24) is 5.32 Å². The normalized spacial score (nSPS) is 20.6. The first kappa shape index (κ1) is 12.0. The van der Waals surface area contributed by atoms with Crippen molar-refractivity contribution in [3.63, 3.8) is 0 Å². The molecule has 0 fully saturated rings. The highest BCUT2D eigenvalue weighted by atomic mass is 15.1. The maximum absolute atomic E-state index is 3.55. The Kier molecular flexibility index (Phi) is 2.78. The zero-order chi connectivity index (χ0) is 13.5. The molecule has 2 heterocycles. The lowest BCUT2D eigenvalue weighted by Gasteiger charge is -2.40. The van der Waals surface area contributed by atoms with E-state index in [9.17, 15) is 0 Å². The van der Waals surface area contributed by atoms with E-state index < -0.39 is 0 Å². The van der Waals surface area contributed by atoms with Gasteiger partial charge < -0.3 is 10.2 Å². The molecule has 0 amide bonds. The Bertz CT molecular complexity index is 648. The van der Waals surface area contributed by atoms with Crippen molar-refractivity contribution < 1.29 is 0 Å². The van der Waals surface area contributed by atoms with E-state index in [1.807, 2.05) is 0 Å². The third-order valence-corrected chi connectivity index (χ3v) is 4.69. The summed E-state index contributed by atoms with van der Waals surface area (Å²) in [6.07, 6.45) is 1.24. The van der Waals surface area contributed by atoms with Crippen LogP contribution in [0.25, 0.3) is 0 Å². The molecule has 1 N–H and O–H groups in total. The quantitative estimate of drug-likeness (QED) is 0.844. The van der Waals surface area contributed by atoms with E-state index >= 15 is 0 Å². The summed E-state index contributed by atoms with van der Waals surface area (Å²) >= 11 is 0. The number of hydrogen-bond donors (Lipinski definition) is 1. The first-order chi connectivity index (χ1) is 9.84. The zero-order valence-corrected chi connectivity index (χ0v) is 11.9. The van der Waals surface area contributed by atoms with Gasteiger partial charge in [0.25, 0.3) is 0 Å². The number of anilines is 2. The standard InChI is InChI=1S/C18H20N2/c1-13-5-2-3-7-16(13)20-10-9-15-12-19-11-14-6-4-8-17(20)18(14)15/h2-8,15,19H,9-12H2,1H3. The van der Waals surface area contributed by atoms with Gasteiger partial charge in [0.05, 0.1) is 0 Å². The molecule has 2 aliphatic heterocycles. The van der Waals surface area contributed by atoms with Crippen molar-refractivity contribution in [1.29, 1.82) is 0 Å². The summed E-state index contributed by atoms with van der Waals surface area (Å²) in [4.78, 5) is 2.51. The first-order valence-corrected chi connectivity index (χ1v) is 7.50. The topological polar surface area (TPSA) is 15.3 Å². The Balaban J connectivity index is 1.87. The molecular formula is C18H20N2. The zero-order valence-electron chi connectivity index (χ0n) is 11.9. The molecule has 1 unspecified atom stereocenters. The van der Waals surface area contributed by atoms with Crippen LogP contribution in [0.2, 0.25) is 0 Å². The second-order valence-electron chi connectivity index (χ2n) is 5.90. The molecule has 0 aliphatic carbocycles. The number of nitrogens with zero attached hydrogens (tertiary/aromatic N) is 1. The molecule has 0 aromatic heterocycles. The minimum Gasteiger partial charge on any atom is -0.341 e. The summed E-state index contributed by atoms with van der Waals surface area (Å²) in [7, 11) is 0. The number of nitrogens with one attached hydrogen (secondary N) is 1. The number of benzene rings is 2. The van der Waals surface area contributed by atoms with E-state index in [2.05, 4.69) is 59.6 Å². The second-order valence-corrected chi connectivity index (χ2v) is 5.90. The van der Waals surface area contributed by atoms with Crippen molar-refractivity contribution >= 4 is 11.4 Å². The molecule has 0 saturated carbocycles. The van der Waals surface area contributed by atoms with Crippen LogP contribution in [0.3, 0.4) is 0 Å². The maximum atomic E-state index is 3.55. The SMILES string of the molecule is Cc1ccccc1N1CCC2CNCc3cccc1c32. The largest absolute Gasteiger partial charge is 0.341 e. The van der Waals surface area contributed by atoms with Gasteiger partial charge in [-0.25, -0.2) is 0 Å². The molecule has 102 valence electrons. The molecule has 2 aromatic carbocycles. The van der Waals surface area contributed by atoms with Gasteiger partial charge in [-0.2, -0.15) is 0 Å². The van der Waals surface area contributed by atoms with Crippen molar-refractivity contribution in [2.75, 3.05) is 18.0 Å². The van der Waals surface area contributed by atoms with Crippen LogP contribution in [0.5, 0.6) is 0 Å². The summed E-state index contributed by atoms with van der Waals surface area (Å²) in [5.74, 6) is 0.690. The van der Waals surface area contributed by atoms with Crippen LogP contribution in [-0.2, 0) is 6.54 Å². The monoisotopic (exact) mass is 264 g/mol. The lowest BCUT2D eigenvalue weighted by Crippen LogP contribution is -2.36. The molecule has 20 heavy (non-hydrogen) atoms. The Morgan fingerprint density at radius 3 is 2.80 bits per heavy atom. The van der Waals surface area contributed by atoms with E-state index in [0.717, 1.165) is 19.6 Å². The third-order valence-electron chi connectivity index (χ3n) is 4.69. The fourth-order valence-electron chi connectivity index (χ4n) is 3.71. The van der Waals surface area contributed by atoms with E-state index in [-0.39, 0.29) is 0 Å². The van der Waals surface area contributed by atoms with E-state index in [4.69, 9.17) is 0 Å². The predicted molar refractivity (Wildman–Crippen MR) is 83.7 cm³/mol. The predicted octanol–water partition coefficient (Wildman–Crippen LogP) is 3.72. The minimum absolute atomic E-state index is 0.690. The van der Waals surface area contributed by atoms with Gasteiger partial charge in [0.15, 0.2) is 0 Å². The molecule has 2 aromatic rings. The van der Waals surface area contributed by atoms with Crippen LogP contribution in [0.1, 0.15) is 29.0 Å². The Hall–Kier alpha value is -1.80. The highest BCUT2D eigenvalue weighted by molar-refractivity contribution is 5.72. The van der Waals surface area contributed by atoms with Gasteiger partial charge in [-0.1, -0.05) is 30.3 Å². The van der Waals surface area contributed by atoms with Gasteiger partial charge in [-0.15, -0.1) is 0 Å². The molecule has 2 nitrogen and oxygen atoms in total. The number of aryl methyl sites for hydroxylation is 1. The van der Waals surface area contributed by atoms with Gasteiger partial charge in [0.2, 0.25) is 0 Å². The summed E-state index contributed by atoms with van der Waals surface area (Å²) in [6, 6.07) is 15.5. The first-order valence-electron chi connectivity index (χ1n) is 7.50. The average Bonchev–Trinajstić information content (AvgIpc) is 2.49. The van der Waals surface area contributed by atoms with Gasteiger partial charge in [-0.3, -0.25) is 0 Å². The summed E-state index contributed by atoms with van der Waals surface area (Å²) in [5.41, 5.74) is 7.21. The van der Waals surface area contributed by atoms with Gasteiger partial charge >= 0.3 is 0 Å². The van der Waals surface area contributed by atoms with Crippen molar-refractivity contribution in [3.8, 4) is 0 Å². The molecule has 0 radical (unpaired) electrons. The summed E-state index contributed by atoms with van der Waals surface area (Å²) in [5, 5.41) is 3.55. The number of hydrogen-bond acceptors (Lipinski definition) is 2. The molecule has 2 heteroatoms. The van der Waals surface area contributed by atoms with E-state index in [0.29, 0.717) is 5.92 Å².